The Hall–Kier alpha value is -1.55. The molecule has 0 saturated carbocycles. The zero-order valence-corrected chi connectivity index (χ0v) is 12.6. The first-order valence-corrected chi connectivity index (χ1v) is 7.05. The van der Waals surface area contributed by atoms with Gasteiger partial charge in [0.15, 0.2) is 0 Å². The molecule has 1 N–H and O–H groups in total. The van der Waals surface area contributed by atoms with E-state index in [4.69, 9.17) is 4.74 Å². The Morgan fingerprint density at radius 1 is 1.26 bits per heavy atom. The molecule has 100 valence electrons. The van der Waals surface area contributed by atoms with Crippen LogP contribution in [0.4, 0.5) is 5.69 Å². The van der Waals surface area contributed by atoms with Crippen LogP contribution in [-0.2, 0) is 0 Å². The van der Waals surface area contributed by atoms with Gasteiger partial charge in [0.25, 0.3) is 0 Å². The minimum Gasteiger partial charge on any atom is -0.496 e. The normalized spacial score (nSPS) is 11.9. The highest BCUT2D eigenvalue weighted by Crippen LogP contribution is 2.29. The van der Waals surface area contributed by atoms with Crippen molar-refractivity contribution in [1.29, 1.82) is 0 Å². The van der Waals surface area contributed by atoms with Crippen LogP contribution in [0.5, 0.6) is 5.75 Å². The van der Waals surface area contributed by atoms with Gasteiger partial charge in [0.1, 0.15) is 10.4 Å². The monoisotopic (exact) mass is 320 g/mol. The van der Waals surface area contributed by atoms with E-state index in [1.54, 1.807) is 7.11 Å². The largest absolute Gasteiger partial charge is 0.496 e. The predicted octanol–water partition coefficient (Wildman–Crippen LogP) is 4.42. The molecule has 0 amide bonds. The number of hydrogen-bond acceptors (Lipinski definition) is 3. The van der Waals surface area contributed by atoms with Gasteiger partial charge in [-0.05, 0) is 40.5 Å². The number of rotatable bonds is 5. The van der Waals surface area contributed by atoms with Crippen molar-refractivity contribution in [2.24, 2.45) is 0 Å². The van der Waals surface area contributed by atoms with Crippen molar-refractivity contribution in [2.75, 3.05) is 12.4 Å². The number of ether oxygens (including phenoxy) is 1. The molecule has 3 nitrogen and oxygen atoms in total. The van der Waals surface area contributed by atoms with Gasteiger partial charge in [-0.25, -0.2) is 4.98 Å². The molecule has 1 atom stereocenters. The zero-order valence-electron chi connectivity index (χ0n) is 11.1. The van der Waals surface area contributed by atoms with Crippen LogP contribution >= 0.6 is 15.9 Å². The van der Waals surface area contributed by atoms with E-state index in [1.807, 2.05) is 36.5 Å². The smallest absolute Gasteiger partial charge is 0.124 e. The molecule has 1 unspecified atom stereocenters. The highest BCUT2D eigenvalue weighted by Gasteiger charge is 2.13. The van der Waals surface area contributed by atoms with E-state index in [-0.39, 0.29) is 6.04 Å². The molecule has 0 aliphatic carbocycles. The average Bonchev–Trinajstić information content (AvgIpc) is 2.46. The van der Waals surface area contributed by atoms with Crippen molar-refractivity contribution in [3.05, 3.63) is 52.8 Å². The number of halogens is 1. The molecule has 1 aromatic carbocycles. The van der Waals surface area contributed by atoms with Crippen LogP contribution in [0, 0.1) is 0 Å². The van der Waals surface area contributed by atoms with Crippen LogP contribution in [0.1, 0.15) is 24.9 Å². The van der Waals surface area contributed by atoms with Gasteiger partial charge < -0.3 is 10.1 Å². The number of nitrogens with one attached hydrogen (secondary N) is 1. The highest BCUT2D eigenvalue weighted by atomic mass is 79.9. The third-order valence-corrected chi connectivity index (χ3v) is 3.46. The summed E-state index contributed by atoms with van der Waals surface area (Å²) >= 11 is 3.34. The first-order chi connectivity index (χ1) is 9.24. The number of pyridine rings is 1. The van der Waals surface area contributed by atoms with Crippen molar-refractivity contribution in [2.45, 2.75) is 19.4 Å². The molecule has 0 fully saturated rings. The summed E-state index contributed by atoms with van der Waals surface area (Å²) in [7, 11) is 1.70. The Balaban J connectivity index is 2.22. The molecule has 1 aromatic heterocycles. The maximum atomic E-state index is 5.42. The molecule has 0 aliphatic rings. The second-order valence-corrected chi connectivity index (χ2v) is 5.03. The topological polar surface area (TPSA) is 34.2 Å². The Morgan fingerprint density at radius 3 is 2.68 bits per heavy atom. The van der Waals surface area contributed by atoms with Gasteiger partial charge in [-0.15, -0.1) is 0 Å². The summed E-state index contributed by atoms with van der Waals surface area (Å²) in [5, 5.41) is 3.48. The van der Waals surface area contributed by atoms with E-state index in [2.05, 4.69) is 39.2 Å². The first-order valence-electron chi connectivity index (χ1n) is 6.25. The lowest BCUT2D eigenvalue weighted by Gasteiger charge is -2.20. The summed E-state index contributed by atoms with van der Waals surface area (Å²) in [5.41, 5.74) is 2.16. The van der Waals surface area contributed by atoms with Crippen LogP contribution < -0.4 is 10.1 Å². The molecule has 0 aliphatic heterocycles. The molecule has 0 saturated heterocycles. The van der Waals surface area contributed by atoms with E-state index >= 15 is 0 Å². The summed E-state index contributed by atoms with van der Waals surface area (Å²) in [5.74, 6) is 0.909. The summed E-state index contributed by atoms with van der Waals surface area (Å²) in [6, 6.07) is 12.2. The van der Waals surface area contributed by atoms with Crippen LogP contribution in [0.25, 0.3) is 0 Å². The second kappa shape index (κ2) is 6.57. The van der Waals surface area contributed by atoms with Gasteiger partial charge in [0.05, 0.1) is 25.0 Å². The SMILES string of the molecule is CCC(Nc1ccc(Br)nc1)c1ccccc1OC. The van der Waals surface area contributed by atoms with Crippen LogP contribution in [0.3, 0.4) is 0 Å². The molecule has 4 heteroatoms. The standard InChI is InChI=1S/C15H17BrN2O/c1-3-13(12-6-4-5-7-14(12)19-2)18-11-8-9-15(16)17-10-11/h4-10,13,18H,3H2,1-2H3. The molecule has 0 bridgehead atoms. The molecular weight excluding hydrogens is 304 g/mol. The van der Waals surface area contributed by atoms with Gasteiger partial charge in [0.2, 0.25) is 0 Å². The minimum absolute atomic E-state index is 0.208. The summed E-state index contributed by atoms with van der Waals surface area (Å²) in [6.07, 6.45) is 2.79. The number of methoxy groups -OCH3 is 1. The van der Waals surface area contributed by atoms with Gasteiger partial charge in [-0.3, -0.25) is 0 Å². The number of anilines is 1. The highest BCUT2D eigenvalue weighted by molar-refractivity contribution is 9.10. The number of nitrogens with zero attached hydrogens (tertiary/aromatic N) is 1. The first kappa shape index (κ1) is 13.9. The van der Waals surface area contributed by atoms with Crippen molar-refractivity contribution in [3.8, 4) is 5.75 Å². The van der Waals surface area contributed by atoms with Crippen molar-refractivity contribution in [1.82, 2.24) is 4.98 Å². The van der Waals surface area contributed by atoms with Gasteiger partial charge in [0, 0.05) is 5.56 Å². The van der Waals surface area contributed by atoms with Gasteiger partial charge >= 0.3 is 0 Å². The predicted molar refractivity (Wildman–Crippen MR) is 81.6 cm³/mol. The second-order valence-electron chi connectivity index (χ2n) is 4.22. The number of hydrogen-bond donors (Lipinski definition) is 1. The van der Waals surface area contributed by atoms with Crippen molar-refractivity contribution in [3.63, 3.8) is 0 Å². The van der Waals surface area contributed by atoms with E-state index in [0.717, 1.165) is 28.0 Å². The molecule has 2 aromatic rings. The lowest BCUT2D eigenvalue weighted by atomic mass is 10.0. The van der Waals surface area contributed by atoms with E-state index in [1.165, 1.54) is 0 Å². The number of aromatic nitrogens is 1. The molecule has 0 radical (unpaired) electrons. The number of benzene rings is 1. The Morgan fingerprint density at radius 2 is 2.05 bits per heavy atom. The van der Waals surface area contributed by atoms with Crippen LogP contribution in [-0.4, -0.2) is 12.1 Å². The van der Waals surface area contributed by atoms with Gasteiger partial charge in [-0.2, -0.15) is 0 Å². The van der Waals surface area contributed by atoms with E-state index in [0.29, 0.717) is 0 Å². The average molecular weight is 321 g/mol. The van der Waals surface area contributed by atoms with Crippen molar-refractivity contribution < 1.29 is 4.74 Å². The fraction of sp³-hybridized carbons (Fsp3) is 0.267. The molecule has 0 spiro atoms. The number of para-hydroxylation sites is 1. The molecule has 19 heavy (non-hydrogen) atoms. The quantitative estimate of drug-likeness (QED) is 0.828. The van der Waals surface area contributed by atoms with E-state index < -0.39 is 0 Å². The van der Waals surface area contributed by atoms with Crippen LogP contribution in [0.15, 0.2) is 47.2 Å². The third-order valence-electron chi connectivity index (χ3n) is 2.99. The Bertz CT molecular complexity index is 528. The lowest BCUT2D eigenvalue weighted by molar-refractivity contribution is 0.406. The summed E-state index contributed by atoms with van der Waals surface area (Å²) < 4.78 is 6.26. The summed E-state index contributed by atoms with van der Waals surface area (Å²) in [4.78, 5) is 4.23. The Labute approximate surface area is 122 Å². The van der Waals surface area contributed by atoms with Gasteiger partial charge in [-0.1, -0.05) is 25.1 Å². The van der Waals surface area contributed by atoms with E-state index in [9.17, 15) is 0 Å². The van der Waals surface area contributed by atoms with Crippen molar-refractivity contribution >= 4 is 21.6 Å². The molecule has 1 heterocycles. The lowest BCUT2D eigenvalue weighted by Crippen LogP contribution is -2.11. The fourth-order valence-electron chi connectivity index (χ4n) is 2.02. The maximum Gasteiger partial charge on any atom is 0.124 e. The zero-order chi connectivity index (χ0) is 13.7. The molecule has 2 rings (SSSR count). The summed E-state index contributed by atoms with van der Waals surface area (Å²) in [6.45, 7) is 2.15. The Kier molecular flexibility index (Phi) is 4.80. The third kappa shape index (κ3) is 3.47. The molecular formula is C15H17BrN2O. The minimum atomic E-state index is 0.208. The maximum absolute atomic E-state index is 5.42. The fourth-order valence-corrected chi connectivity index (χ4v) is 2.25. The van der Waals surface area contributed by atoms with Crippen LogP contribution in [0.2, 0.25) is 0 Å².